The second-order valence-corrected chi connectivity index (χ2v) is 4.76. The van der Waals surface area contributed by atoms with Gasteiger partial charge in [-0.2, -0.15) is 13.2 Å². The van der Waals surface area contributed by atoms with Crippen molar-refractivity contribution in [1.29, 1.82) is 0 Å². The molecule has 0 aromatic heterocycles. The lowest BCUT2D eigenvalue weighted by Gasteiger charge is -2.17. The highest BCUT2D eigenvalue weighted by Gasteiger charge is 2.34. The van der Waals surface area contributed by atoms with Gasteiger partial charge >= 0.3 is 6.18 Å². The van der Waals surface area contributed by atoms with Gasteiger partial charge in [0.15, 0.2) is 0 Å². The number of hydrogen-bond acceptors (Lipinski definition) is 1. The Hall–Kier alpha value is -1.10. The highest BCUT2D eigenvalue weighted by atomic mass is 19.4. The lowest BCUT2D eigenvalue weighted by atomic mass is 9.99. The maximum atomic E-state index is 13.4. The first-order valence-corrected chi connectivity index (χ1v) is 5.95. The summed E-state index contributed by atoms with van der Waals surface area (Å²) in [5.74, 6) is -0.580. The molecule has 1 aliphatic carbocycles. The molecule has 1 nitrogen and oxygen atoms in total. The minimum absolute atomic E-state index is 0.0747. The molecule has 100 valence electrons. The summed E-state index contributed by atoms with van der Waals surface area (Å²) >= 11 is 0. The van der Waals surface area contributed by atoms with E-state index in [-0.39, 0.29) is 6.04 Å². The smallest absolute Gasteiger partial charge is 0.313 e. The van der Waals surface area contributed by atoms with Crippen LogP contribution in [0.1, 0.15) is 36.4 Å². The number of benzene rings is 1. The fourth-order valence-electron chi connectivity index (χ4n) is 2.09. The van der Waals surface area contributed by atoms with E-state index >= 15 is 0 Å². The Bertz CT molecular complexity index is 423. The molecule has 1 aromatic rings. The molecule has 0 bridgehead atoms. The Morgan fingerprint density at radius 2 is 2.00 bits per heavy atom. The molecule has 5 heteroatoms. The van der Waals surface area contributed by atoms with Crippen molar-refractivity contribution in [3.63, 3.8) is 0 Å². The largest absolute Gasteiger partial charge is 0.419 e. The Balaban J connectivity index is 2.20. The third kappa shape index (κ3) is 3.02. The van der Waals surface area contributed by atoms with E-state index in [4.69, 9.17) is 0 Å². The second-order valence-electron chi connectivity index (χ2n) is 4.76. The van der Waals surface area contributed by atoms with Crippen LogP contribution in [-0.4, -0.2) is 7.05 Å². The minimum Gasteiger partial charge on any atom is -0.313 e. The third-order valence-electron chi connectivity index (χ3n) is 3.32. The van der Waals surface area contributed by atoms with Gasteiger partial charge in [-0.1, -0.05) is 18.9 Å². The van der Waals surface area contributed by atoms with Crippen LogP contribution >= 0.6 is 0 Å². The predicted molar refractivity (Wildman–Crippen MR) is 60.5 cm³/mol. The Morgan fingerprint density at radius 1 is 1.33 bits per heavy atom. The van der Waals surface area contributed by atoms with Gasteiger partial charge in [0.1, 0.15) is 5.82 Å². The van der Waals surface area contributed by atoms with Crippen molar-refractivity contribution in [3.05, 3.63) is 35.1 Å². The molecule has 0 saturated heterocycles. The van der Waals surface area contributed by atoms with E-state index in [1.807, 2.05) is 0 Å². The fourth-order valence-corrected chi connectivity index (χ4v) is 2.09. The first-order valence-electron chi connectivity index (χ1n) is 5.95. The number of hydrogen-bond donors (Lipinski definition) is 1. The normalized spacial score (nSPS) is 17.8. The minimum atomic E-state index is -4.63. The summed E-state index contributed by atoms with van der Waals surface area (Å²) in [6.45, 7) is 0. The van der Waals surface area contributed by atoms with Crippen molar-refractivity contribution in [1.82, 2.24) is 5.32 Å². The van der Waals surface area contributed by atoms with E-state index in [1.54, 1.807) is 7.05 Å². The molecule has 0 spiro atoms. The molecule has 1 saturated carbocycles. The molecule has 1 unspecified atom stereocenters. The van der Waals surface area contributed by atoms with E-state index in [2.05, 4.69) is 5.32 Å². The van der Waals surface area contributed by atoms with E-state index in [0.29, 0.717) is 11.5 Å². The molecule has 1 atom stereocenters. The van der Waals surface area contributed by atoms with E-state index in [0.717, 1.165) is 31.4 Å². The molecule has 0 aliphatic heterocycles. The summed E-state index contributed by atoms with van der Waals surface area (Å²) in [6, 6.07) is 3.10. The monoisotopic (exact) mass is 261 g/mol. The van der Waals surface area contributed by atoms with Gasteiger partial charge in [0, 0.05) is 6.04 Å². The van der Waals surface area contributed by atoms with Gasteiger partial charge in [0.05, 0.1) is 5.56 Å². The van der Waals surface area contributed by atoms with Crippen molar-refractivity contribution in [2.75, 3.05) is 7.05 Å². The van der Waals surface area contributed by atoms with Crippen LogP contribution in [0.15, 0.2) is 18.2 Å². The van der Waals surface area contributed by atoms with Gasteiger partial charge in [-0.25, -0.2) is 4.39 Å². The maximum Gasteiger partial charge on any atom is 0.419 e. The fraction of sp³-hybridized carbons (Fsp3) is 0.538. The molecule has 0 amide bonds. The SMILES string of the molecule is CNC(CC1CC1)c1ccc(C(F)(F)F)c(F)c1. The summed E-state index contributed by atoms with van der Waals surface area (Å²) in [7, 11) is 1.74. The lowest BCUT2D eigenvalue weighted by molar-refractivity contribution is -0.140. The summed E-state index contributed by atoms with van der Waals surface area (Å²) in [5, 5.41) is 3.03. The standard InChI is InChI=1S/C13H15F4N/c1-18-12(6-8-2-3-8)9-4-5-10(11(14)7-9)13(15,16)17/h4-5,7-8,12,18H,2-3,6H2,1H3. The molecule has 2 rings (SSSR count). The number of alkyl halides is 3. The van der Waals surface area contributed by atoms with E-state index in [1.165, 1.54) is 6.07 Å². The average Bonchev–Trinajstić information content (AvgIpc) is 3.07. The first kappa shape index (κ1) is 13.3. The quantitative estimate of drug-likeness (QED) is 0.810. The molecule has 1 aromatic carbocycles. The van der Waals surface area contributed by atoms with E-state index in [9.17, 15) is 17.6 Å². The summed E-state index contributed by atoms with van der Waals surface area (Å²) in [6.07, 6.45) is -1.47. The van der Waals surface area contributed by atoms with Crippen LogP contribution in [0.3, 0.4) is 0 Å². The first-order chi connectivity index (χ1) is 8.41. The summed E-state index contributed by atoms with van der Waals surface area (Å²) < 4.78 is 50.7. The average molecular weight is 261 g/mol. The Labute approximate surface area is 103 Å². The maximum absolute atomic E-state index is 13.4. The van der Waals surface area contributed by atoms with Crippen LogP contribution in [0.2, 0.25) is 0 Å². The van der Waals surface area contributed by atoms with Gasteiger partial charge < -0.3 is 5.32 Å². The molecular formula is C13H15F4N. The van der Waals surface area contributed by atoms with Crippen LogP contribution in [0.25, 0.3) is 0 Å². The van der Waals surface area contributed by atoms with Gasteiger partial charge in [-0.3, -0.25) is 0 Å². The van der Waals surface area contributed by atoms with Crippen LogP contribution < -0.4 is 5.32 Å². The Morgan fingerprint density at radius 3 is 2.44 bits per heavy atom. The van der Waals surface area contributed by atoms with E-state index < -0.39 is 17.6 Å². The third-order valence-corrected chi connectivity index (χ3v) is 3.32. The number of rotatable bonds is 4. The van der Waals surface area contributed by atoms with Crippen LogP contribution in [-0.2, 0) is 6.18 Å². The lowest BCUT2D eigenvalue weighted by Crippen LogP contribution is -2.18. The predicted octanol–water partition coefficient (Wildman–Crippen LogP) is 3.91. The number of nitrogens with one attached hydrogen (secondary N) is 1. The zero-order chi connectivity index (χ0) is 13.3. The summed E-state index contributed by atoms with van der Waals surface area (Å²) in [5.41, 5.74) is -0.623. The van der Waals surface area contributed by atoms with Crippen LogP contribution in [0.5, 0.6) is 0 Å². The molecular weight excluding hydrogens is 246 g/mol. The van der Waals surface area contributed by atoms with Crippen molar-refractivity contribution in [2.24, 2.45) is 5.92 Å². The van der Waals surface area contributed by atoms with Crippen molar-refractivity contribution < 1.29 is 17.6 Å². The topological polar surface area (TPSA) is 12.0 Å². The molecule has 1 fully saturated rings. The van der Waals surface area contributed by atoms with Gasteiger partial charge in [-0.05, 0) is 37.1 Å². The van der Waals surface area contributed by atoms with Crippen molar-refractivity contribution in [3.8, 4) is 0 Å². The van der Waals surface area contributed by atoms with Crippen molar-refractivity contribution in [2.45, 2.75) is 31.5 Å². The van der Waals surface area contributed by atoms with Gasteiger partial charge in [0.2, 0.25) is 0 Å². The molecule has 1 N–H and O–H groups in total. The van der Waals surface area contributed by atoms with Crippen LogP contribution in [0.4, 0.5) is 17.6 Å². The van der Waals surface area contributed by atoms with Gasteiger partial charge in [0.25, 0.3) is 0 Å². The van der Waals surface area contributed by atoms with Crippen LogP contribution in [0, 0.1) is 11.7 Å². The molecule has 0 heterocycles. The molecule has 1 aliphatic rings. The summed E-state index contributed by atoms with van der Waals surface area (Å²) in [4.78, 5) is 0. The van der Waals surface area contributed by atoms with Crippen molar-refractivity contribution >= 4 is 0 Å². The zero-order valence-electron chi connectivity index (χ0n) is 10.0. The highest BCUT2D eigenvalue weighted by Crippen LogP contribution is 2.38. The molecule has 0 radical (unpaired) electrons. The van der Waals surface area contributed by atoms with Gasteiger partial charge in [-0.15, -0.1) is 0 Å². The Kier molecular flexibility index (Phi) is 3.61. The zero-order valence-corrected chi connectivity index (χ0v) is 10.0. The molecule has 18 heavy (non-hydrogen) atoms. The highest BCUT2D eigenvalue weighted by molar-refractivity contribution is 5.28. The number of halogens is 4. The second kappa shape index (κ2) is 4.88.